The number of benzene rings is 1. The van der Waals surface area contributed by atoms with Crippen molar-refractivity contribution in [2.24, 2.45) is 0 Å². The van der Waals surface area contributed by atoms with E-state index in [4.69, 9.17) is 5.11 Å². The van der Waals surface area contributed by atoms with Gasteiger partial charge in [-0.15, -0.1) is 0 Å². The summed E-state index contributed by atoms with van der Waals surface area (Å²) in [7, 11) is 2.00. The Morgan fingerprint density at radius 1 is 1.47 bits per heavy atom. The first-order valence-corrected chi connectivity index (χ1v) is 5.91. The molecule has 1 unspecified atom stereocenters. The zero-order chi connectivity index (χ0) is 12.3. The summed E-state index contributed by atoms with van der Waals surface area (Å²) in [6, 6.07) is 7.73. The van der Waals surface area contributed by atoms with Gasteiger partial charge in [-0.25, -0.2) is 4.79 Å². The third-order valence-electron chi connectivity index (χ3n) is 3.29. The van der Waals surface area contributed by atoms with Gasteiger partial charge in [0, 0.05) is 25.7 Å². The van der Waals surface area contributed by atoms with E-state index >= 15 is 0 Å². The number of hydrogen-bond donors (Lipinski definition) is 2. The van der Waals surface area contributed by atoms with Gasteiger partial charge in [0.1, 0.15) is 0 Å². The summed E-state index contributed by atoms with van der Waals surface area (Å²) in [5.41, 5.74) is 1.52. The monoisotopic (exact) mass is 234 g/mol. The van der Waals surface area contributed by atoms with Gasteiger partial charge < -0.3 is 10.4 Å². The van der Waals surface area contributed by atoms with Crippen molar-refractivity contribution in [3.63, 3.8) is 0 Å². The van der Waals surface area contributed by atoms with E-state index in [-0.39, 0.29) is 0 Å². The second kappa shape index (κ2) is 5.29. The molecule has 1 aliphatic heterocycles. The third kappa shape index (κ3) is 3.05. The molecule has 1 aromatic carbocycles. The Balaban J connectivity index is 1.93. The van der Waals surface area contributed by atoms with Crippen LogP contribution in [0.1, 0.15) is 22.3 Å². The summed E-state index contributed by atoms with van der Waals surface area (Å²) in [5.74, 6) is -0.868. The van der Waals surface area contributed by atoms with Crippen molar-refractivity contribution in [3.05, 3.63) is 35.4 Å². The van der Waals surface area contributed by atoms with Crippen molar-refractivity contribution in [1.29, 1.82) is 0 Å². The molecule has 1 fully saturated rings. The van der Waals surface area contributed by atoms with Crippen LogP contribution >= 0.6 is 0 Å². The lowest BCUT2D eigenvalue weighted by Crippen LogP contribution is -2.29. The third-order valence-corrected chi connectivity index (χ3v) is 3.29. The molecule has 2 N–H and O–H groups in total. The first kappa shape index (κ1) is 12.1. The fourth-order valence-electron chi connectivity index (χ4n) is 2.22. The summed E-state index contributed by atoms with van der Waals surface area (Å²) in [6.45, 7) is 3.07. The van der Waals surface area contributed by atoms with E-state index in [2.05, 4.69) is 10.2 Å². The quantitative estimate of drug-likeness (QED) is 0.821. The molecule has 1 heterocycles. The van der Waals surface area contributed by atoms with Gasteiger partial charge in [0.05, 0.1) is 5.56 Å². The van der Waals surface area contributed by atoms with Crippen LogP contribution in [0.25, 0.3) is 0 Å². The second-order valence-electron chi connectivity index (χ2n) is 4.51. The van der Waals surface area contributed by atoms with Gasteiger partial charge in [0.25, 0.3) is 0 Å². The number of aromatic carboxylic acids is 1. The fourth-order valence-corrected chi connectivity index (χ4v) is 2.22. The van der Waals surface area contributed by atoms with Gasteiger partial charge in [-0.2, -0.15) is 0 Å². The van der Waals surface area contributed by atoms with Crippen LogP contribution in [0.15, 0.2) is 24.3 Å². The van der Waals surface area contributed by atoms with E-state index < -0.39 is 5.97 Å². The summed E-state index contributed by atoms with van der Waals surface area (Å²) in [4.78, 5) is 13.1. The van der Waals surface area contributed by atoms with Gasteiger partial charge in [-0.1, -0.05) is 12.1 Å². The number of nitrogens with zero attached hydrogens (tertiary/aromatic N) is 1. The Morgan fingerprint density at radius 3 is 2.71 bits per heavy atom. The molecule has 0 radical (unpaired) electrons. The lowest BCUT2D eigenvalue weighted by atomic mass is 10.1. The van der Waals surface area contributed by atoms with Gasteiger partial charge in [0.15, 0.2) is 0 Å². The van der Waals surface area contributed by atoms with Crippen LogP contribution in [-0.2, 0) is 6.54 Å². The highest BCUT2D eigenvalue weighted by molar-refractivity contribution is 5.87. The molecule has 0 bridgehead atoms. The van der Waals surface area contributed by atoms with Gasteiger partial charge in [-0.05, 0) is 31.2 Å². The van der Waals surface area contributed by atoms with Crippen molar-refractivity contribution in [3.8, 4) is 0 Å². The van der Waals surface area contributed by atoms with Crippen molar-refractivity contribution in [2.75, 3.05) is 20.1 Å². The number of carboxylic acid groups (broad SMARTS) is 1. The molecule has 0 spiro atoms. The van der Waals surface area contributed by atoms with Crippen molar-refractivity contribution in [1.82, 2.24) is 10.2 Å². The average Bonchev–Trinajstić information content (AvgIpc) is 2.77. The van der Waals surface area contributed by atoms with Crippen LogP contribution in [0.4, 0.5) is 0 Å². The molecular formula is C13H18N2O2. The van der Waals surface area contributed by atoms with E-state index in [1.807, 2.05) is 19.2 Å². The summed E-state index contributed by atoms with van der Waals surface area (Å²) >= 11 is 0. The van der Waals surface area contributed by atoms with E-state index in [1.165, 1.54) is 12.0 Å². The van der Waals surface area contributed by atoms with Crippen molar-refractivity contribution < 1.29 is 9.90 Å². The van der Waals surface area contributed by atoms with Crippen LogP contribution in [0.5, 0.6) is 0 Å². The first-order chi connectivity index (χ1) is 8.19. The number of carboxylic acids is 1. The van der Waals surface area contributed by atoms with E-state index in [1.54, 1.807) is 12.1 Å². The normalized spacial score (nSPS) is 20.6. The zero-order valence-electron chi connectivity index (χ0n) is 10.0. The number of carbonyl (C=O) groups is 1. The van der Waals surface area contributed by atoms with Crippen LogP contribution in [0.3, 0.4) is 0 Å². The molecular weight excluding hydrogens is 216 g/mol. The molecule has 1 aromatic rings. The molecule has 0 saturated carbocycles. The molecule has 0 amide bonds. The first-order valence-electron chi connectivity index (χ1n) is 5.91. The molecule has 0 aliphatic carbocycles. The Bertz CT molecular complexity index is 389. The molecule has 4 heteroatoms. The molecule has 92 valence electrons. The molecule has 1 saturated heterocycles. The highest BCUT2D eigenvalue weighted by Gasteiger charge is 2.20. The van der Waals surface area contributed by atoms with E-state index in [0.29, 0.717) is 11.6 Å². The number of nitrogens with one attached hydrogen (secondary N) is 1. The Morgan fingerprint density at radius 2 is 2.18 bits per heavy atom. The highest BCUT2D eigenvalue weighted by atomic mass is 16.4. The molecule has 4 nitrogen and oxygen atoms in total. The van der Waals surface area contributed by atoms with Gasteiger partial charge in [-0.3, -0.25) is 4.90 Å². The number of hydrogen-bond acceptors (Lipinski definition) is 3. The second-order valence-corrected chi connectivity index (χ2v) is 4.51. The maximum absolute atomic E-state index is 10.7. The van der Waals surface area contributed by atoms with Crippen LogP contribution < -0.4 is 5.32 Å². The maximum Gasteiger partial charge on any atom is 0.335 e. The Hall–Kier alpha value is -1.39. The molecule has 1 atom stereocenters. The largest absolute Gasteiger partial charge is 0.478 e. The predicted octanol–water partition coefficient (Wildman–Crippen LogP) is 1.18. The maximum atomic E-state index is 10.7. The van der Waals surface area contributed by atoms with Crippen molar-refractivity contribution in [2.45, 2.75) is 19.0 Å². The SMILES string of the molecule is CNC1CCN(Cc2ccc(C(=O)O)cc2)C1. The van der Waals surface area contributed by atoms with Crippen LogP contribution in [0, 0.1) is 0 Å². The minimum absolute atomic E-state index is 0.350. The summed E-state index contributed by atoms with van der Waals surface area (Å²) in [5, 5.41) is 12.1. The zero-order valence-corrected chi connectivity index (χ0v) is 10.0. The van der Waals surface area contributed by atoms with E-state index in [0.717, 1.165) is 19.6 Å². The standard InChI is InChI=1S/C13H18N2O2/c1-14-12-6-7-15(9-12)8-10-2-4-11(5-3-10)13(16)17/h2-5,12,14H,6-9H2,1H3,(H,16,17). The smallest absolute Gasteiger partial charge is 0.335 e. The predicted molar refractivity (Wildman–Crippen MR) is 66.1 cm³/mol. The minimum Gasteiger partial charge on any atom is -0.478 e. The average molecular weight is 234 g/mol. The fraction of sp³-hybridized carbons (Fsp3) is 0.462. The Kier molecular flexibility index (Phi) is 3.76. The Labute approximate surface area is 101 Å². The number of rotatable bonds is 4. The lowest BCUT2D eigenvalue weighted by Gasteiger charge is -2.15. The minimum atomic E-state index is -0.868. The summed E-state index contributed by atoms with van der Waals surface area (Å²) in [6.07, 6.45) is 1.18. The lowest BCUT2D eigenvalue weighted by molar-refractivity contribution is 0.0697. The van der Waals surface area contributed by atoms with Gasteiger partial charge >= 0.3 is 5.97 Å². The summed E-state index contributed by atoms with van der Waals surface area (Å²) < 4.78 is 0. The molecule has 17 heavy (non-hydrogen) atoms. The highest BCUT2D eigenvalue weighted by Crippen LogP contribution is 2.13. The van der Waals surface area contributed by atoms with Crippen LogP contribution in [-0.4, -0.2) is 42.2 Å². The number of likely N-dealkylation sites (tertiary alicyclic amines) is 1. The van der Waals surface area contributed by atoms with Crippen LogP contribution in [0.2, 0.25) is 0 Å². The molecule has 1 aliphatic rings. The van der Waals surface area contributed by atoms with Gasteiger partial charge in [0.2, 0.25) is 0 Å². The molecule has 0 aromatic heterocycles. The van der Waals surface area contributed by atoms with E-state index in [9.17, 15) is 4.79 Å². The molecule has 2 rings (SSSR count). The topological polar surface area (TPSA) is 52.6 Å². The van der Waals surface area contributed by atoms with Crippen molar-refractivity contribution >= 4 is 5.97 Å². The number of likely N-dealkylation sites (N-methyl/N-ethyl adjacent to an activating group) is 1.